The molecule has 0 bridgehead atoms. The predicted octanol–water partition coefficient (Wildman–Crippen LogP) is 4.22. The van der Waals surface area contributed by atoms with Crippen molar-refractivity contribution in [1.82, 2.24) is 0 Å². The summed E-state index contributed by atoms with van der Waals surface area (Å²) in [5, 5.41) is 9.51. The van der Waals surface area contributed by atoms with Crippen LogP contribution < -0.4 is 4.74 Å². The van der Waals surface area contributed by atoms with E-state index >= 15 is 0 Å². The van der Waals surface area contributed by atoms with Gasteiger partial charge in [0.15, 0.2) is 0 Å². The molecule has 0 aromatic heterocycles. The number of rotatable bonds is 4. The van der Waals surface area contributed by atoms with Gasteiger partial charge in [0.05, 0.1) is 0 Å². The van der Waals surface area contributed by atoms with E-state index in [9.17, 15) is 4.79 Å². The molecule has 3 nitrogen and oxygen atoms in total. The third-order valence-electron chi connectivity index (χ3n) is 2.48. The number of carbonyl (C=O) groups is 1. The van der Waals surface area contributed by atoms with Gasteiger partial charge in [-0.15, -0.1) is 0 Å². The van der Waals surface area contributed by atoms with Crippen LogP contribution in [-0.4, -0.2) is 11.1 Å². The lowest BCUT2D eigenvalue weighted by Gasteiger charge is -2.09. The van der Waals surface area contributed by atoms with Gasteiger partial charge in [-0.2, -0.15) is 0 Å². The first-order chi connectivity index (χ1) is 9.06. The van der Waals surface area contributed by atoms with Crippen LogP contribution in [0.2, 0.25) is 5.02 Å². The van der Waals surface area contributed by atoms with Crippen LogP contribution in [0.3, 0.4) is 0 Å². The molecule has 2 aromatic rings. The standard InChI is InChI=1S/C14H10ClIO3/c15-10-3-6-12(14(17)18)13(7-10)19-8-9-1-4-11(16)5-2-9/h1-7H,8H2,(H,17,18). The van der Waals surface area contributed by atoms with E-state index in [2.05, 4.69) is 22.6 Å². The normalized spacial score (nSPS) is 10.2. The first-order valence-corrected chi connectivity index (χ1v) is 6.92. The summed E-state index contributed by atoms with van der Waals surface area (Å²) in [7, 11) is 0. The Kier molecular flexibility index (Phi) is 4.66. The summed E-state index contributed by atoms with van der Waals surface area (Å²) < 4.78 is 6.67. The Morgan fingerprint density at radius 2 is 1.89 bits per heavy atom. The number of hydrogen-bond acceptors (Lipinski definition) is 2. The van der Waals surface area contributed by atoms with Gasteiger partial charge >= 0.3 is 5.97 Å². The van der Waals surface area contributed by atoms with Crippen molar-refractivity contribution in [3.05, 3.63) is 62.2 Å². The van der Waals surface area contributed by atoms with Crippen LogP contribution in [0.4, 0.5) is 0 Å². The molecule has 0 aliphatic heterocycles. The van der Waals surface area contributed by atoms with Crippen molar-refractivity contribution < 1.29 is 14.6 Å². The maximum atomic E-state index is 11.1. The van der Waals surface area contributed by atoms with Gasteiger partial charge < -0.3 is 9.84 Å². The number of hydrogen-bond donors (Lipinski definition) is 1. The molecule has 5 heteroatoms. The van der Waals surface area contributed by atoms with E-state index in [1.807, 2.05) is 24.3 Å². The Labute approximate surface area is 129 Å². The van der Waals surface area contributed by atoms with Gasteiger partial charge in [-0.25, -0.2) is 4.79 Å². The summed E-state index contributed by atoms with van der Waals surface area (Å²) in [6.45, 7) is 0.303. The Morgan fingerprint density at radius 1 is 1.21 bits per heavy atom. The summed E-state index contributed by atoms with van der Waals surface area (Å²) in [6.07, 6.45) is 0. The second-order valence-corrected chi connectivity index (χ2v) is 5.54. The minimum atomic E-state index is -1.03. The molecule has 2 rings (SSSR count). The molecule has 0 aliphatic rings. The summed E-state index contributed by atoms with van der Waals surface area (Å²) >= 11 is 8.07. The first kappa shape index (κ1) is 14.1. The monoisotopic (exact) mass is 388 g/mol. The van der Waals surface area contributed by atoms with Crippen molar-refractivity contribution in [3.8, 4) is 5.75 Å². The number of benzene rings is 2. The maximum absolute atomic E-state index is 11.1. The highest BCUT2D eigenvalue weighted by atomic mass is 127. The van der Waals surface area contributed by atoms with Crippen molar-refractivity contribution >= 4 is 40.2 Å². The largest absolute Gasteiger partial charge is 0.488 e. The zero-order valence-electron chi connectivity index (χ0n) is 9.77. The van der Waals surface area contributed by atoms with Crippen LogP contribution in [0.15, 0.2) is 42.5 Å². The molecule has 0 saturated heterocycles. The molecular formula is C14H10ClIO3. The van der Waals surface area contributed by atoms with Gasteiger partial charge in [-0.1, -0.05) is 23.7 Å². The van der Waals surface area contributed by atoms with Crippen LogP contribution in [0, 0.1) is 3.57 Å². The average Bonchev–Trinajstić information content (AvgIpc) is 2.38. The van der Waals surface area contributed by atoms with E-state index in [0.717, 1.165) is 9.13 Å². The molecule has 0 saturated carbocycles. The summed E-state index contributed by atoms with van der Waals surface area (Å²) in [6, 6.07) is 12.3. The van der Waals surface area contributed by atoms with Crippen molar-refractivity contribution in [3.63, 3.8) is 0 Å². The minimum Gasteiger partial charge on any atom is -0.488 e. The minimum absolute atomic E-state index is 0.106. The fourth-order valence-corrected chi connectivity index (χ4v) is 2.06. The second kappa shape index (κ2) is 6.25. The number of halogens is 2. The van der Waals surface area contributed by atoms with Crippen LogP contribution in [0.25, 0.3) is 0 Å². The molecule has 0 atom stereocenters. The fraction of sp³-hybridized carbons (Fsp3) is 0.0714. The number of ether oxygens (including phenoxy) is 1. The van der Waals surface area contributed by atoms with Gasteiger partial charge in [-0.05, 0) is 58.5 Å². The highest BCUT2D eigenvalue weighted by Gasteiger charge is 2.11. The summed E-state index contributed by atoms with van der Waals surface area (Å²) in [4.78, 5) is 11.1. The third kappa shape index (κ3) is 3.84. The Hall–Kier alpha value is -1.27. The van der Waals surface area contributed by atoms with E-state index < -0.39 is 5.97 Å². The Morgan fingerprint density at radius 3 is 2.53 bits per heavy atom. The Balaban J connectivity index is 2.16. The SMILES string of the molecule is O=C(O)c1ccc(Cl)cc1OCc1ccc(I)cc1. The molecule has 0 aliphatic carbocycles. The lowest BCUT2D eigenvalue weighted by atomic mass is 10.2. The van der Waals surface area contributed by atoms with Gasteiger partial charge in [0.25, 0.3) is 0 Å². The zero-order valence-corrected chi connectivity index (χ0v) is 12.7. The van der Waals surface area contributed by atoms with Gasteiger partial charge in [0, 0.05) is 8.59 Å². The van der Waals surface area contributed by atoms with E-state index in [4.69, 9.17) is 21.4 Å². The van der Waals surface area contributed by atoms with E-state index in [-0.39, 0.29) is 11.3 Å². The van der Waals surface area contributed by atoms with Crippen molar-refractivity contribution in [2.75, 3.05) is 0 Å². The number of aromatic carboxylic acids is 1. The molecule has 0 amide bonds. The summed E-state index contributed by atoms with van der Waals surface area (Å²) in [5.41, 5.74) is 1.08. The molecule has 0 fully saturated rings. The van der Waals surface area contributed by atoms with Gasteiger partial charge in [0.1, 0.15) is 17.9 Å². The predicted molar refractivity (Wildman–Crippen MR) is 81.9 cm³/mol. The molecule has 0 spiro atoms. The zero-order chi connectivity index (χ0) is 13.8. The number of carboxylic acid groups (broad SMARTS) is 1. The van der Waals surface area contributed by atoms with Crippen LogP contribution >= 0.6 is 34.2 Å². The number of carboxylic acids is 1. The molecule has 0 radical (unpaired) electrons. The van der Waals surface area contributed by atoms with Crippen molar-refractivity contribution in [2.45, 2.75) is 6.61 Å². The van der Waals surface area contributed by atoms with Crippen molar-refractivity contribution in [1.29, 1.82) is 0 Å². The third-order valence-corrected chi connectivity index (χ3v) is 3.44. The molecular weight excluding hydrogens is 379 g/mol. The Bertz CT molecular complexity index is 596. The van der Waals surface area contributed by atoms with Crippen LogP contribution in [-0.2, 0) is 6.61 Å². The van der Waals surface area contributed by atoms with Crippen molar-refractivity contribution in [2.24, 2.45) is 0 Å². The molecule has 0 heterocycles. The van der Waals surface area contributed by atoms with Gasteiger partial charge in [-0.3, -0.25) is 0 Å². The van der Waals surface area contributed by atoms with E-state index in [0.29, 0.717) is 11.6 Å². The van der Waals surface area contributed by atoms with Gasteiger partial charge in [0.2, 0.25) is 0 Å². The quantitative estimate of drug-likeness (QED) is 0.798. The molecule has 0 unspecified atom stereocenters. The van der Waals surface area contributed by atoms with E-state index in [1.165, 1.54) is 18.2 Å². The molecule has 2 aromatic carbocycles. The smallest absolute Gasteiger partial charge is 0.339 e. The second-order valence-electron chi connectivity index (χ2n) is 3.86. The van der Waals surface area contributed by atoms with Crippen LogP contribution in [0.1, 0.15) is 15.9 Å². The first-order valence-electron chi connectivity index (χ1n) is 5.46. The fourth-order valence-electron chi connectivity index (χ4n) is 1.53. The summed E-state index contributed by atoms with van der Waals surface area (Å²) in [5.74, 6) is -0.757. The molecule has 19 heavy (non-hydrogen) atoms. The van der Waals surface area contributed by atoms with E-state index in [1.54, 1.807) is 0 Å². The lowest BCUT2D eigenvalue weighted by Crippen LogP contribution is -2.03. The topological polar surface area (TPSA) is 46.5 Å². The maximum Gasteiger partial charge on any atom is 0.339 e. The van der Waals surface area contributed by atoms with Crippen LogP contribution in [0.5, 0.6) is 5.75 Å². The highest BCUT2D eigenvalue weighted by Crippen LogP contribution is 2.24. The molecule has 98 valence electrons. The molecule has 1 N–H and O–H groups in total. The average molecular weight is 389 g/mol. The highest BCUT2D eigenvalue weighted by molar-refractivity contribution is 14.1. The lowest BCUT2D eigenvalue weighted by molar-refractivity contribution is 0.0692.